The Kier molecular flexibility index (Phi) is 2.22. The smallest absolute Gasteiger partial charge is 0.0749 e. The molecule has 2 nitrogen and oxygen atoms in total. The van der Waals surface area contributed by atoms with E-state index >= 15 is 0 Å². The molecule has 2 N–H and O–H groups in total. The molecular formula is C12H14N2. The van der Waals surface area contributed by atoms with Crippen LogP contribution in [-0.4, -0.2) is 4.98 Å². The van der Waals surface area contributed by atoms with Gasteiger partial charge in [0.25, 0.3) is 0 Å². The first-order valence-electron chi connectivity index (χ1n) is 4.77. The van der Waals surface area contributed by atoms with Crippen molar-refractivity contribution >= 4 is 10.9 Å². The number of rotatable bonds is 1. The molecule has 0 fully saturated rings. The van der Waals surface area contributed by atoms with Crippen molar-refractivity contribution in [2.75, 3.05) is 0 Å². The highest BCUT2D eigenvalue weighted by molar-refractivity contribution is 5.85. The molecule has 2 rings (SSSR count). The Balaban J connectivity index is 2.87. The molecule has 0 saturated heterocycles. The maximum absolute atomic E-state index is 5.69. The van der Waals surface area contributed by atoms with E-state index in [0.717, 1.165) is 11.1 Å². The van der Waals surface area contributed by atoms with E-state index < -0.39 is 0 Å². The van der Waals surface area contributed by atoms with Crippen molar-refractivity contribution in [3.05, 3.63) is 41.1 Å². The monoisotopic (exact) mass is 186 g/mol. The molecule has 1 aromatic heterocycles. The molecule has 0 amide bonds. The third-order valence-corrected chi connectivity index (χ3v) is 2.51. The van der Waals surface area contributed by atoms with Crippen LogP contribution in [0.3, 0.4) is 0 Å². The third kappa shape index (κ3) is 1.38. The Morgan fingerprint density at radius 2 is 2.07 bits per heavy atom. The van der Waals surface area contributed by atoms with Gasteiger partial charge in [-0.1, -0.05) is 11.6 Å². The minimum absolute atomic E-state index is 0.550. The second kappa shape index (κ2) is 3.39. The second-order valence-corrected chi connectivity index (χ2v) is 3.65. The molecule has 0 bridgehead atoms. The first kappa shape index (κ1) is 9.16. The van der Waals surface area contributed by atoms with Crippen LogP contribution in [-0.2, 0) is 6.54 Å². The van der Waals surface area contributed by atoms with E-state index in [9.17, 15) is 0 Å². The van der Waals surface area contributed by atoms with Crippen molar-refractivity contribution in [3.8, 4) is 0 Å². The fourth-order valence-corrected chi connectivity index (χ4v) is 1.78. The topological polar surface area (TPSA) is 38.9 Å². The van der Waals surface area contributed by atoms with E-state index in [1.807, 2.05) is 12.3 Å². The summed E-state index contributed by atoms with van der Waals surface area (Å²) in [6.07, 6.45) is 1.84. The summed E-state index contributed by atoms with van der Waals surface area (Å²) in [4.78, 5) is 4.37. The maximum atomic E-state index is 5.69. The summed E-state index contributed by atoms with van der Waals surface area (Å²) in [7, 11) is 0. The number of nitrogens with two attached hydrogens (primary N) is 1. The summed E-state index contributed by atoms with van der Waals surface area (Å²) in [5.74, 6) is 0. The summed E-state index contributed by atoms with van der Waals surface area (Å²) < 4.78 is 0. The predicted molar refractivity (Wildman–Crippen MR) is 59.1 cm³/mol. The molecule has 0 unspecified atom stereocenters. The lowest BCUT2D eigenvalue weighted by atomic mass is 10.0. The number of aryl methyl sites for hydroxylation is 2. The van der Waals surface area contributed by atoms with E-state index in [4.69, 9.17) is 5.73 Å². The quantitative estimate of drug-likeness (QED) is 0.742. The Labute approximate surface area is 83.8 Å². The van der Waals surface area contributed by atoms with Crippen LogP contribution in [0.1, 0.15) is 16.7 Å². The number of pyridine rings is 1. The average Bonchev–Trinajstić information content (AvgIpc) is 2.18. The van der Waals surface area contributed by atoms with Gasteiger partial charge in [0.05, 0.1) is 5.52 Å². The lowest BCUT2D eigenvalue weighted by Crippen LogP contribution is -1.99. The number of aromatic nitrogens is 1. The molecule has 0 spiro atoms. The zero-order valence-electron chi connectivity index (χ0n) is 8.54. The molecule has 72 valence electrons. The number of hydrogen-bond donors (Lipinski definition) is 1. The Morgan fingerprint density at radius 1 is 1.29 bits per heavy atom. The van der Waals surface area contributed by atoms with Gasteiger partial charge >= 0.3 is 0 Å². The van der Waals surface area contributed by atoms with Crippen molar-refractivity contribution in [1.29, 1.82) is 0 Å². The van der Waals surface area contributed by atoms with Gasteiger partial charge in [0.15, 0.2) is 0 Å². The van der Waals surface area contributed by atoms with E-state index in [0.29, 0.717) is 6.54 Å². The fourth-order valence-electron chi connectivity index (χ4n) is 1.78. The second-order valence-electron chi connectivity index (χ2n) is 3.65. The number of nitrogens with zero attached hydrogens (tertiary/aromatic N) is 1. The van der Waals surface area contributed by atoms with Crippen molar-refractivity contribution < 1.29 is 0 Å². The van der Waals surface area contributed by atoms with E-state index in [1.165, 1.54) is 16.5 Å². The van der Waals surface area contributed by atoms with Crippen LogP contribution >= 0.6 is 0 Å². The van der Waals surface area contributed by atoms with Crippen LogP contribution in [0.4, 0.5) is 0 Å². The molecular weight excluding hydrogens is 172 g/mol. The molecule has 1 heterocycles. The summed E-state index contributed by atoms with van der Waals surface area (Å²) in [6.45, 7) is 4.74. The van der Waals surface area contributed by atoms with Gasteiger partial charge in [-0.25, -0.2) is 0 Å². The van der Waals surface area contributed by atoms with Gasteiger partial charge in [0.2, 0.25) is 0 Å². The van der Waals surface area contributed by atoms with Crippen LogP contribution < -0.4 is 5.73 Å². The summed E-state index contributed by atoms with van der Waals surface area (Å²) in [5, 5.41) is 1.22. The molecule has 14 heavy (non-hydrogen) atoms. The molecule has 2 heteroatoms. The van der Waals surface area contributed by atoms with Gasteiger partial charge in [-0.15, -0.1) is 0 Å². The highest BCUT2D eigenvalue weighted by Crippen LogP contribution is 2.21. The normalized spacial score (nSPS) is 10.8. The van der Waals surface area contributed by atoms with Crippen LogP contribution in [0, 0.1) is 13.8 Å². The standard InChI is InChI=1S/C12H14N2/c1-8-5-10(7-13)12-11(6-8)9(2)3-4-14-12/h3-6H,7,13H2,1-2H3. The largest absolute Gasteiger partial charge is 0.326 e. The van der Waals surface area contributed by atoms with Crippen molar-refractivity contribution in [3.63, 3.8) is 0 Å². The summed E-state index contributed by atoms with van der Waals surface area (Å²) in [5.41, 5.74) is 10.4. The fraction of sp³-hybridized carbons (Fsp3) is 0.250. The van der Waals surface area contributed by atoms with Crippen molar-refractivity contribution in [2.24, 2.45) is 5.73 Å². The highest BCUT2D eigenvalue weighted by Gasteiger charge is 2.03. The van der Waals surface area contributed by atoms with Crippen LogP contribution in [0.15, 0.2) is 24.4 Å². The van der Waals surface area contributed by atoms with Gasteiger partial charge < -0.3 is 5.73 Å². The van der Waals surface area contributed by atoms with Gasteiger partial charge in [-0.05, 0) is 37.1 Å². The van der Waals surface area contributed by atoms with E-state index in [2.05, 4.69) is 31.0 Å². The van der Waals surface area contributed by atoms with Crippen LogP contribution in [0.2, 0.25) is 0 Å². The first-order valence-corrected chi connectivity index (χ1v) is 4.77. The van der Waals surface area contributed by atoms with Crippen LogP contribution in [0.5, 0.6) is 0 Å². The predicted octanol–water partition coefficient (Wildman–Crippen LogP) is 2.31. The van der Waals surface area contributed by atoms with Gasteiger partial charge in [0.1, 0.15) is 0 Å². The molecule has 1 aromatic carbocycles. The average molecular weight is 186 g/mol. The molecule has 0 aliphatic rings. The maximum Gasteiger partial charge on any atom is 0.0749 e. The number of benzene rings is 1. The Bertz CT molecular complexity index is 475. The minimum atomic E-state index is 0.550. The van der Waals surface area contributed by atoms with E-state index in [1.54, 1.807) is 0 Å². The lowest BCUT2D eigenvalue weighted by Gasteiger charge is -2.07. The molecule has 0 aliphatic carbocycles. The summed E-state index contributed by atoms with van der Waals surface area (Å²) >= 11 is 0. The van der Waals surface area contributed by atoms with Crippen molar-refractivity contribution in [1.82, 2.24) is 4.98 Å². The molecule has 2 aromatic rings. The Hall–Kier alpha value is -1.41. The molecule has 0 atom stereocenters. The van der Waals surface area contributed by atoms with E-state index in [-0.39, 0.29) is 0 Å². The SMILES string of the molecule is Cc1cc(CN)c2nccc(C)c2c1. The van der Waals surface area contributed by atoms with Crippen LogP contribution in [0.25, 0.3) is 10.9 Å². The zero-order chi connectivity index (χ0) is 10.1. The first-order chi connectivity index (χ1) is 6.72. The minimum Gasteiger partial charge on any atom is -0.326 e. The zero-order valence-corrected chi connectivity index (χ0v) is 8.54. The number of fused-ring (bicyclic) bond motifs is 1. The lowest BCUT2D eigenvalue weighted by molar-refractivity contribution is 1.07. The van der Waals surface area contributed by atoms with Gasteiger partial charge in [0, 0.05) is 18.1 Å². The van der Waals surface area contributed by atoms with Crippen molar-refractivity contribution in [2.45, 2.75) is 20.4 Å². The number of hydrogen-bond acceptors (Lipinski definition) is 2. The third-order valence-electron chi connectivity index (χ3n) is 2.51. The van der Waals surface area contributed by atoms with Gasteiger partial charge in [-0.3, -0.25) is 4.98 Å². The summed E-state index contributed by atoms with van der Waals surface area (Å²) in [6, 6.07) is 6.30. The Morgan fingerprint density at radius 3 is 2.79 bits per heavy atom. The highest BCUT2D eigenvalue weighted by atomic mass is 14.7. The molecule has 0 radical (unpaired) electrons. The molecule has 0 saturated carbocycles. The molecule has 0 aliphatic heterocycles. The van der Waals surface area contributed by atoms with Gasteiger partial charge in [-0.2, -0.15) is 0 Å².